The fraction of sp³-hybridized carbons (Fsp3) is 0.188. The van der Waals surface area contributed by atoms with Gasteiger partial charge in [0.15, 0.2) is 10.6 Å². The largest absolute Gasteiger partial charge is 0.489 e. The van der Waals surface area contributed by atoms with Gasteiger partial charge in [-0.3, -0.25) is 14.5 Å². The first kappa shape index (κ1) is 26.5. The van der Waals surface area contributed by atoms with Gasteiger partial charge >= 0.3 is 5.97 Å². The SMILES string of the molecule is COC(=O)c1sc(N2C(=O)c3oc4cc(C)c(C)cc4c(=O)c3C2c2cccc(OCc3ccccc3)c2)nc1C. The maximum atomic E-state index is 14.1. The van der Waals surface area contributed by atoms with Crippen molar-refractivity contribution in [1.29, 1.82) is 0 Å². The van der Waals surface area contributed by atoms with Gasteiger partial charge in [-0.05, 0) is 67.3 Å². The lowest BCUT2D eigenvalue weighted by atomic mass is 9.97. The van der Waals surface area contributed by atoms with Crippen LogP contribution in [0.25, 0.3) is 11.0 Å². The van der Waals surface area contributed by atoms with Gasteiger partial charge < -0.3 is 13.9 Å². The van der Waals surface area contributed by atoms with Crippen LogP contribution < -0.4 is 15.1 Å². The third-order valence-corrected chi connectivity index (χ3v) is 8.41. The highest BCUT2D eigenvalue weighted by atomic mass is 32.1. The first-order valence-corrected chi connectivity index (χ1v) is 13.8. The predicted octanol–water partition coefficient (Wildman–Crippen LogP) is 6.29. The van der Waals surface area contributed by atoms with Crippen LogP contribution in [0.5, 0.6) is 5.75 Å². The molecule has 0 spiro atoms. The maximum absolute atomic E-state index is 14.1. The quantitative estimate of drug-likeness (QED) is 0.223. The molecule has 1 aliphatic rings. The fourth-order valence-electron chi connectivity index (χ4n) is 5.02. The van der Waals surface area contributed by atoms with Crippen LogP contribution in [0, 0.1) is 20.8 Å². The Labute approximate surface area is 239 Å². The van der Waals surface area contributed by atoms with Crippen LogP contribution in [0.3, 0.4) is 0 Å². The van der Waals surface area contributed by atoms with Crippen LogP contribution in [0.1, 0.15) is 59.8 Å². The topological polar surface area (TPSA) is 98.9 Å². The summed E-state index contributed by atoms with van der Waals surface area (Å²) in [5.74, 6) is -0.523. The monoisotopic (exact) mass is 566 g/mol. The summed E-state index contributed by atoms with van der Waals surface area (Å²) in [5, 5.41) is 0.657. The van der Waals surface area contributed by atoms with Crippen molar-refractivity contribution in [3.8, 4) is 5.75 Å². The van der Waals surface area contributed by atoms with Crippen LogP contribution in [0.15, 0.2) is 75.9 Å². The zero-order valence-electron chi connectivity index (χ0n) is 22.9. The van der Waals surface area contributed by atoms with Gasteiger partial charge in [0.05, 0.1) is 29.8 Å². The standard InChI is InChI=1S/C32H26N2O6S/c1-17-13-23-24(14-18(17)2)40-28-25(27(23)35)26(34(30(28)36)32-33-19(3)29(41-32)31(37)38-4)21-11-8-12-22(15-21)39-16-20-9-6-5-7-10-20/h5-15,26H,16H2,1-4H3. The summed E-state index contributed by atoms with van der Waals surface area (Å²) in [5.41, 5.74) is 4.24. The molecule has 1 amide bonds. The molecule has 0 radical (unpaired) electrons. The van der Waals surface area contributed by atoms with Gasteiger partial charge in [0, 0.05) is 0 Å². The number of anilines is 1. The van der Waals surface area contributed by atoms with Crippen molar-refractivity contribution < 1.29 is 23.5 Å². The Morgan fingerprint density at radius 3 is 2.51 bits per heavy atom. The van der Waals surface area contributed by atoms with Crippen LogP contribution in [0.2, 0.25) is 0 Å². The summed E-state index contributed by atoms with van der Waals surface area (Å²) in [4.78, 5) is 46.7. The average Bonchev–Trinajstić information content (AvgIpc) is 3.50. The molecule has 0 bridgehead atoms. The molecule has 1 aliphatic heterocycles. The fourth-order valence-corrected chi connectivity index (χ4v) is 6.04. The zero-order chi connectivity index (χ0) is 28.8. The van der Waals surface area contributed by atoms with E-state index in [-0.39, 0.29) is 26.8 Å². The van der Waals surface area contributed by atoms with E-state index in [0.717, 1.165) is 28.0 Å². The number of aromatic nitrogens is 1. The Hall–Kier alpha value is -4.76. The van der Waals surface area contributed by atoms with E-state index in [9.17, 15) is 14.4 Å². The molecule has 0 aliphatic carbocycles. The highest BCUT2D eigenvalue weighted by molar-refractivity contribution is 7.17. The molecule has 8 nitrogen and oxygen atoms in total. The minimum absolute atomic E-state index is 0.0427. The lowest BCUT2D eigenvalue weighted by Crippen LogP contribution is -2.29. The number of nitrogens with zero attached hydrogens (tertiary/aromatic N) is 2. The minimum Gasteiger partial charge on any atom is -0.489 e. The first-order chi connectivity index (χ1) is 19.8. The van der Waals surface area contributed by atoms with E-state index < -0.39 is 17.9 Å². The molecular weight excluding hydrogens is 540 g/mol. The number of amides is 1. The molecule has 2 aromatic heterocycles. The lowest BCUT2D eigenvalue weighted by Gasteiger charge is -2.23. The Bertz CT molecular complexity index is 1890. The van der Waals surface area contributed by atoms with Gasteiger partial charge in [0.25, 0.3) is 5.91 Å². The van der Waals surface area contributed by atoms with E-state index in [0.29, 0.717) is 34.6 Å². The zero-order valence-corrected chi connectivity index (χ0v) is 23.7. The average molecular weight is 567 g/mol. The highest BCUT2D eigenvalue weighted by Gasteiger charge is 2.45. The number of thiazole rings is 1. The number of ether oxygens (including phenoxy) is 2. The van der Waals surface area contributed by atoms with E-state index in [1.54, 1.807) is 19.1 Å². The van der Waals surface area contributed by atoms with Gasteiger partial charge in [-0.15, -0.1) is 0 Å². The molecule has 1 unspecified atom stereocenters. The van der Waals surface area contributed by atoms with Crippen molar-refractivity contribution in [3.05, 3.63) is 121 Å². The maximum Gasteiger partial charge on any atom is 0.350 e. The second kappa shape index (κ2) is 10.3. The molecule has 3 aromatic carbocycles. The van der Waals surface area contributed by atoms with Crippen molar-refractivity contribution >= 4 is 39.3 Å². The van der Waals surface area contributed by atoms with Crippen LogP contribution in [-0.2, 0) is 11.3 Å². The van der Waals surface area contributed by atoms with Crippen LogP contribution >= 0.6 is 11.3 Å². The summed E-state index contributed by atoms with van der Waals surface area (Å²) in [6.45, 7) is 5.88. The van der Waals surface area contributed by atoms with Gasteiger partial charge in [-0.25, -0.2) is 9.78 Å². The van der Waals surface area contributed by atoms with Crippen molar-refractivity contribution in [2.24, 2.45) is 0 Å². The normalized spacial score (nSPS) is 14.4. The van der Waals surface area contributed by atoms with Gasteiger partial charge in [0.2, 0.25) is 5.76 Å². The molecule has 6 rings (SSSR count). The molecule has 0 fully saturated rings. The molecule has 206 valence electrons. The molecule has 5 aromatic rings. The third kappa shape index (κ3) is 4.58. The van der Waals surface area contributed by atoms with E-state index >= 15 is 0 Å². The number of carbonyl (C=O) groups excluding carboxylic acids is 2. The molecule has 0 N–H and O–H groups in total. The van der Waals surface area contributed by atoms with Gasteiger partial charge in [-0.1, -0.05) is 53.8 Å². The molecule has 41 heavy (non-hydrogen) atoms. The summed E-state index contributed by atoms with van der Waals surface area (Å²) in [6, 6.07) is 19.8. The lowest BCUT2D eigenvalue weighted by molar-refractivity contribution is 0.0605. The number of fused-ring (bicyclic) bond motifs is 2. The van der Waals surface area contributed by atoms with E-state index in [2.05, 4.69) is 4.98 Å². The number of rotatable bonds is 6. The van der Waals surface area contributed by atoms with Crippen molar-refractivity contribution in [3.63, 3.8) is 0 Å². The number of esters is 1. The van der Waals surface area contributed by atoms with E-state index in [1.807, 2.05) is 68.4 Å². The van der Waals surface area contributed by atoms with Gasteiger partial charge in [0.1, 0.15) is 22.8 Å². The van der Waals surface area contributed by atoms with Crippen LogP contribution in [-0.4, -0.2) is 24.0 Å². The molecule has 0 saturated heterocycles. The first-order valence-electron chi connectivity index (χ1n) is 13.0. The van der Waals surface area contributed by atoms with Crippen molar-refractivity contribution in [2.45, 2.75) is 33.4 Å². The number of carbonyl (C=O) groups is 2. The summed E-state index contributed by atoms with van der Waals surface area (Å²) >= 11 is 1.03. The van der Waals surface area contributed by atoms with Crippen LogP contribution in [0.4, 0.5) is 5.13 Å². The molecule has 1 atom stereocenters. The summed E-state index contributed by atoms with van der Waals surface area (Å²) < 4.78 is 17.1. The molecular formula is C32H26N2O6S. The highest BCUT2D eigenvalue weighted by Crippen LogP contribution is 2.44. The summed E-state index contributed by atoms with van der Waals surface area (Å²) in [6.07, 6.45) is 0. The van der Waals surface area contributed by atoms with E-state index in [1.165, 1.54) is 12.0 Å². The Kier molecular flexibility index (Phi) is 6.67. The summed E-state index contributed by atoms with van der Waals surface area (Å²) in [7, 11) is 1.29. The Morgan fingerprint density at radius 1 is 1.00 bits per heavy atom. The predicted molar refractivity (Wildman–Crippen MR) is 156 cm³/mol. The number of aryl methyl sites for hydroxylation is 3. The van der Waals surface area contributed by atoms with Gasteiger partial charge in [-0.2, -0.15) is 0 Å². The number of benzene rings is 3. The van der Waals surface area contributed by atoms with Crippen molar-refractivity contribution in [2.75, 3.05) is 12.0 Å². The molecule has 3 heterocycles. The third-order valence-electron chi connectivity index (χ3n) is 7.27. The Balaban J connectivity index is 1.52. The second-order valence-electron chi connectivity index (χ2n) is 9.93. The smallest absolute Gasteiger partial charge is 0.350 e. The van der Waals surface area contributed by atoms with E-state index in [4.69, 9.17) is 13.9 Å². The molecule has 9 heteroatoms. The number of methoxy groups -OCH3 is 1. The number of hydrogen-bond donors (Lipinski definition) is 0. The Morgan fingerprint density at radius 2 is 1.76 bits per heavy atom. The molecule has 0 saturated carbocycles. The minimum atomic E-state index is -0.851. The second-order valence-corrected chi connectivity index (χ2v) is 10.9. The number of hydrogen-bond acceptors (Lipinski definition) is 8. The van der Waals surface area contributed by atoms with Crippen molar-refractivity contribution in [1.82, 2.24) is 4.98 Å².